The quantitative estimate of drug-likeness (QED) is 0.783. The number of hydrogen-bond donors (Lipinski definition) is 1. The van der Waals surface area contributed by atoms with Gasteiger partial charge < -0.3 is 10.0 Å². The fourth-order valence-corrected chi connectivity index (χ4v) is 7.28. The van der Waals surface area contributed by atoms with E-state index in [4.69, 9.17) is 5.11 Å². The van der Waals surface area contributed by atoms with Crippen LogP contribution >= 0.6 is 0 Å². The number of carboxylic acid groups (broad SMARTS) is 1. The minimum absolute atomic E-state index is 0.695. The minimum Gasteiger partial charge on any atom is -0.465 e. The van der Waals surface area contributed by atoms with Gasteiger partial charge >= 0.3 is 6.09 Å². The van der Waals surface area contributed by atoms with Crippen LogP contribution in [0.5, 0.6) is 0 Å². The van der Waals surface area contributed by atoms with E-state index in [2.05, 4.69) is 50.3 Å². The average Bonchev–Trinajstić information content (AvgIpc) is 2.55. The molecular formula is C19H31NO2Si. The number of hydrogen-bond acceptors (Lipinski definition) is 1. The molecule has 1 unspecified atom stereocenters. The SMILES string of the molecule is CCCC(C[Si](C)(C)c1ccccc1)C1CCN(C(=O)O)CC1. The van der Waals surface area contributed by atoms with E-state index in [9.17, 15) is 4.79 Å². The van der Waals surface area contributed by atoms with Crippen molar-refractivity contribution >= 4 is 19.4 Å². The van der Waals surface area contributed by atoms with E-state index in [0.29, 0.717) is 19.0 Å². The van der Waals surface area contributed by atoms with Crippen LogP contribution in [0.2, 0.25) is 19.1 Å². The van der Waals surface area contributed by atoms with Gasteiger partial charge in [-0.3, -0.25) is 0 Å². The summed E-state index contributed by atoms with van der Waals surface area (Å²) in [6, 6.07) is 12.3. The topological polar surface area (TPSA) is 40.5 Å². The van der Waals surface area contributed by atoms with Crippen molar-refractivity contribution in [3.8, 4) is 0 Å². The predicted molar refractivity (Wildman–Crippen MR) is 99.1 cm³/mol. The minimum atomic E-state index is -1.43. The van der Waals surface area contributed by atoms with Crippen LogP contribution in [-0.4, -0.2) is 37.3 Å². The molecule has 128 valence electrons. The van der Waals surface area contributed by atoms with Crippen molar-refractivity contribution in [3.63, 3.8) is 0 Å². The van der Waals surface area contributed by atoms with Gasteiger partial charge in [-0.05, 0) is 24.7 Å². The number of benzene rings is 1. The summed E-state index contributed by atoms with van der Waals surface area (Å²) >= 11 is 0. The van der Waals surface area contributed by atoms with Crippen molar-refractivity contribution in [3.05, 3.63) is 30.3 Å². The molecule has 1 aromatic carbocycles. The molecule has 0 saturated carbocycles. The lowest BCUT2D eigenvalue weighted by Gasteiger charge is -2.38. The van der Waals surface area contributed by atoms with Crippen LogP contribution in [0.15, 0.2) is 30.3 Å². The van der Waals surface area contributed by atoms with Gasteiger partial charge in [0.1, 0.15) is 0 Å². The van der Waals surface area contributed by atoms with Crippen LogP contribution in [0.3, 0.4) is 0 Å². The monoisotopic (exact) mass is 333 g/mol. The maximum absolute atomic E-state index is 11.1. The van der Waals surface area contributed by atoms with Crippen molar-refractivity contribution in [2.75, 3.05) is 13.1 Å². The molecule has 23 heavy (non-hydrogen) atoms. The van der Waals surface area contributed by atoms with Crippen LogP contribution in [0.25, 0.3) is 0 Å². The highest BCUT2D eigenvalue weighted by Gasteiger charge is 2.33. The van der Waals surface area contributed by atoms with Gasteiger partial charge in [0.2, 0.25) is 0 Å². The molecule has 0 aromatic heterocycles. The summed E-state index contributed by atoms with van der Waals surface area (Å²) in [7, 11) is -1.43. The maximum Gasteiger partial charge on any atom is 0.407 e. The third-order valence-corrected chi connectivity index (χ3v) is 8.91. The van der Waals surface area contributed by atoms with Crippen molar-refractivity contribution in [1.29, 1.82) is 0 Å². The van der Waals surface area contributed by atoms with Gasteiger partial charge in [0, 0.05) is 13.1 Å². The number of nitrogens with zero attached hydrogens (tertiary/aromatic N) is 1. The zero-order valence-electron chi connectivity index (χ0n) is 14.8. The van der Waals surface area contributed by atoms with Gasteiger partial charge in [0.15, 0.2) is 0 Å². The third kappa shape index (κ3) is 4.84. The Kier molecular flexibility index (Phi) is 6.28. The number of piperidine rings is 1. The Morgan fingerprint density at radius 1 is 1.26 bits per heavy atom. The molecule has 0 bridgehead atoms. The van der Waals surface area contributed by atoms with E-state index in [1.807, 2.05) is 0 Å². The van der Waals surface area contributed by atoms with Gasteiger partial charge in [-0.25, -0.2) is 4.79 Å². The van der Waals surface area contributed by atoms with E-state index in [0.717, 1.165) is 18.8 Å². The lowest BCUT2D eigenvalue weighted by Crippen LogP contribution is -2.45. The van der Waals surface area contributed by atoms with E-state index >= 15 is 0 Å². The Balaban J connectivity index is 2.03. The van der Waals surface area contributed by atoms with E-state index in [-0.39, 0.29) is 0 Å². The van der Waals surface area contributed by atoms with Crippen LogP contribution < -0.4 is 5.19 Å². The Hall–Kier alpha value is -1.29. The second-order valence-electron chi connectivity index (χ2n) is 7.61. The molecule has 1 aliphatic heterocycles. The Bertz CT molecular complexity index is 495. The summed E-state index contributed by atoms with van der Waals surface area (Å²) in [4.78, 5) is 12.7. The van der Waals surface area contributed by atoms with E-state index in [1.54, 1.807) is 10.1 Å². The smallest absolute Gasteiger partial charge is 0.407 e. The second kappa shape index (κ2) is 8.00. The molecule has 1 N–H and O–H groups in total. The lowest BCUT2D eigenvalue weighted by atomic mass is 9.83. The first kappa shape index (κ1) is 18.1. The van der Waals surface area contributed by atoms with Crippen LogP contribution in [0.1, 0.15) is 32.6 Å². The molecule has 1 heterocycles. The number of rotatable bonds is 6. The van der Waals surface area contributed by atoms with Crippen molar-refractivity contribution < 1.29 is 9.90 Å². The van der Waals surface area contributed by atoms with Gasteiger partial charge in [0.25, 0.3) is 0 Å². The largest absolute Gasteiger partial charge is 0.465 e. The van der Waals surface area contributed by atoms with Gasteiger partial charge in [-0.2, -0.15) is 0 Å². The zero-order valence-corrected chi connectivity index (χ0v) is 15.8. The third-order valence-electron chi connectivity index (χ3n) is 5.46. The molecule has 1 aromatic rings. The molecule has 4 heteroatoms. The molecule has 1 fully saturated rings. The summed E-state index contributed by atoms with van der Waals surface area (Å²) in [5, 5.41) is 10.7. The standard InChI is InChI=1S/C19H31NO2Si/c1-4-8-17(16-11-13-20(14-12-16)19(21)22)15-23(2,3)18-9-6-5-7-10-18/h5-7,9-10,16-17H,4,8,11-15H2,1-3H3,(H,21,22). The number of likely N-dealkylation sites (tertiary alicyclic amines) is 1. The summed E-state index contributed by atoms with van der Waals surface area (Å²) in [6.07, 6.45) is 3.82. The fraction of sp³-hybridized carbons (Fsp3) is 0.632. The Morgan fingerprint density at radius 2 is 1.87 bits per heavy atom. The predicted octanol–water partition coefficient (Wildman–Crippen LogP) is 4.41. The molecule has 1 saturated heterocycles. The normalized spacial score (nSPS) is 18.0. The number of amides is 1. The molecule has 1 amide bonds. The lowest BCUT2D eigenvalue weighted by molar-refractivity contribution is 0.113. The summed E-state index contributed by atoms with van der Waals surface area (Å²) in [6.45, 7) is 8.67. The highest BCUT2D eigenvalue weighted by Crippen LogP contribution is 2.34. The van der Waals surface area contributed by atoms with E-state index < -0.39 is 14.2 Å². The Morgan fingerprint density at radius 3 is 2.39 bits per heavy atom. The first-order valence-electron chi connectivity index (χ1n) is 8.97. The molecule has 3 nitrogen and oxygen atoms in total. The highest BCUT2D eigenvalue weighted by molar-refractivity contribution is 6.89. The molecule has 0 radical (unpaired) electrons. The van der Waals surface area contributed by atoms with E-state index in [1.165, 1.54) is 18.9 Å². The second-order valence-corrected chi connectivity index (χ2v) is 12.4. The molecular weight excluding hydrogens is 302 g/mol. The van der Waals surface area contributed by atoms with Crippen molar-refractivity contribution in [2.45, 2.75) is 51.7 Å². The highest BCUT2D eigenvalue weighted by atomic mass is 28.3. The summed E-state index contributed by atoms with van der Waals surface area (Å²) in [5.74, 6) is 1.44. The van der Waals surface area contributed by atoms with Crippen LogP contribution in [0.4, 0.5) is 4.79 Å². The summed E-state index contributed by atoms with van der Waals surface area (Å²) < 4.78 is 0. The molecule has 0 aliphatic carbocycles. The van der Waals surface area contributed by atoms with Gasteiger partial charge in [0.05, 0.1) is 8.07 Å². The Labute approximate surface area is 141 Å². The fourth-order valence-electron chi connectivity index (χ4n) is 4.10. The van der Waals surface area contributed by atoms with Gasteiger partial charge in [-0.1, -0.05) is 74.4 Å². The molecule has 1 atom stereocenters. The maximum atomic E-state index is 11.1. The van der Waals surface area contributed by atoms with Crippen molar-refractivity contribution in [2.24, 2.45) is 11.8 Å². The summed E-state index contributed by atoms with van der Waals surface area (Å²) in [5.41, 5.74) is 0. The first-order valence-corrected chi connectivity index (χ1v) is 12.2. The molecule has 1 aliphatic rings. The van der Waals surface area contributed by atoms with Crippen molar-refractivity contribution in [1.82, 2.24) is 4.90 Å². The zero-order chi connectivity index (χ0) is 16.9. The molecule has 0 spiro atoms. The van der Waals surface area contributed by atoms with Crippen LogP contribution in [-0.2, 0) is 0 Å². The number of carbonyl (C=O) groups is 1. The average molecular weight is 334 g/mol. The van der Waals surface area contributed by atoms with Gasteiger partial charge in [-0.15, -0.1) is 0 Å². The van der Waals surface area contributed by atoms with Crippen LogP contribution in [0, 0.1) is 11.8 Å². The molecule has 2 rings (SSSR count). The first-order chi connectivity index (χ1) is 10.9.